The van der Waals surface area contributed by atoms with Gasteiger partial charge in [-0.25, -0.2) is 0 Å². The van der Waals surface area contributed by atoms with Gasteiger partial charge in [0, 0.05) is 0 Å². The minimum absolute atomic E-state index is 0.329. The number of rotatable bonds is 4. The molecule has 0 fully saturated rings. The molecule has 0 aliphatic heterocycles. The van der Waals surface area contributed by atoms with E-state index in [0.29, 0.717) is 5.41 Å². The van der Waals surface area contributed by atoms with Crippen LogP contribution in [0.3, 0.4) is 0 Å². The highest BCUT2D eigenvalue weighted by Crippen LogP contribution is 2.49. The summed E-state index contributed by atoms with van der Waals surface area (Å²) in [6.07, 6.45) is 28.0. The lowest BCUT2D eigenvalue weighted by Gasteiger charge is -2.44. The molecule has 0 heterocycles. The first-order valence-electron chi connectivity index (χ1n) is 14.5. The molecular weight excluding hydrogens is 444 g/mol. The summed E-state index contributed by atoms with van der Waals surface area (Å²) >= 11 is 0. The maximum absolute atomic E-state index is 2.57. The average Bonchev–Trinajstić information content (AvgIpc) is 3.58. The van der Waals surface area contributed by atoms with E-state index in [-0.39, 0.29) is 0 Å². The third-order valence-electron chi connectivity index (χ3n) is 9.36. The van der Waals surface area contributed by atoms with Crippen LogP contribution in [-0.2, 0) is 11.8 Å². The quantitative estimate of drug-likeness (QED) is 0.255. The molecule has 4 aliphatic carbocycles. The van der Waals surface area contributed by atoms with Crippen molar-refractivity contribution in [3.8, 4) is 0 Å². The summed E-state index contributed by atoms with van der Waals surface area (Å²) in [4.78, 5) is 0. The van der Waals surface area contributed by atoms with Crippen LogP contribution in [0.1, 0.15) is 69.9 Å². The summed E-state index contributed by atoms with van der Waals surface area (Å²) in [5.74, 6) is 1.69. The zero-order valence-corrected chi connectivity index (χ0v) is 22.5. The SMILES string of the molecule is C1=CC2=CC=CC2=C1.CCCCC1(C)CC(C2CC=CCC2)Cc2c1ccc1c2ccc2ccccc21. The predicted molar refractivity (Wildman–Crippen MR) is 161 cm³/mol. The molecule has 3 atom stereocenters. The lowest BCUT2D eigenvalue weighted by molar-refractivity contribution is 0.205. The summed E-state index contributed by atoms with van der Waals surface area (Å²) in [5.41, 5.74) is 6.35. The Bertz CT molecular complexity index is 1430. The fraction of sp³-hybridized carbons (Fsp3) is 0.351. The van der Waals surface area contributed by atoms with E-state index in [1.165, 1.54) is 84.1 Å². The third kappa shape index (κ3) is 4.68. The van der Waals surface area contributed by atoms with E-state index in [2.05, 4.69) is 111 Å². The van der Waals surface area contributed by atoms with Gasteiger partial charge in [0.25, 0.3) is 0 Å². The molecule has 0 saturated carbocycles. The first-order chi connectivity index (χ1) is 18.2. The van der Waals surface area contributed by atoms with Gasteiger partial charge in [-0.2, -0.15) is 0 Å². The molecule has 0 amide bonds. The zero-order valence-electron chi connectivity index (χ0n) is 22.5. The Morgan fingerprint density at radius 1 is 0.811 bits per heavy atom. The summed E-state index contributed by atoms with van der Waals surface area (Å²) in [7, 11) is 0. The zero-order chi connectivity index (χ0) is 25.2. The Hall–Kier alpha value is -3.12. The van der Waals surface area contributed by atoms with Gasteiger partial charge in [-0.3, -0.25) is 0 Å². The smallest absolute Gasteiger partial charge is 0.00695 e. The number of allylic oxidation sites excluding steroid dienone is 10. The molecule has 0 nitrogen and oxygen atoms in total. The molecule has 37 heavy (non-hydrogen) atoms. The van der Waals surface area contributed by atoms with Crippen LogP contribution in [0.25, 0.3) is 21.5 Å². The van der Waals surface area contributed by atoms with Crippen LogP contribution in [0.5, 0.6) is 0 Å². The van der Waals surface area contributed by atoms with Crippen LogP contribution in [0.4, 0.5) is 0 Å². The van der Waals surface area contributed by atoms with E-state index in [0.717, 1.165) is 11.8 Å². The first kappa shape index (κ1) is 24.2. The van der Waals surface area contributed by atoms with E-state index in [9.17, 15) is 0 Å². The van der Waals surface area contributed by atoms with E-state index in [4.69, 9.17) is 0 Å². The monoisotopic (exact) mass is 484 g/mol. The number of unbranched alkanes of at least 4 members (excludes halogenated alkanes) is 1. The number of hydrogen-bond donors (Lipinski definition) is 0. The second kappa shape index (κ2) is 10.3. The van der Waals surface area contributed by atoms with Gasteiger partial charge in [-0.1, -0.05) is 124 Å². The van der Waals surface area contributed by atoms with Crippen molar-refractivity contribution in [2.45, 2.75) is 70.6 Å². The second-order valence-corrected chi connectivity index (χ2v) is 11.8. The highest BCUT2D eigenvalue weighted by atomic mass is 14.4. The van der Waals surface area contributed by atoms with Crippen LogP contribution >= 0.6 is 0 Å². The fourth-order valence-electron chi connectivity index (χ4n) is 7.35. The van der Waals surface area contributed by atoms with Gasteiger partial charge in [0.2, 0.25) is 0 Å². The van der Waals surface area contributed by atoms with Crippen molar-refractivity contribution in [2.75, 3.05) is 0 Å². The fourth-order valence-corrected chi connectivity index (χ4v) is 7.35. The highest BCUT2D eigenvalue weighted by molar-refractivity contribution is 6.08. The van der Waals surface area contributed by atoms with E-state index < -0.39 is 0 Å². The third-order valence-corrected chi connectivity index (χ3v) is 9.36. The maximum atomic E-state index is 2.57. The van der Waals surface area contributed by atoms with E-state index in [1.54, 1.807) is 11.1 Å². The molecule has 0 bridgehead atoms. The Morgan fingerprint density at radius 2 is 1.59 bits per heavy atom. The standard InChI is InChI=1S/C29H34.C8H6/c1-3-4-18-29(2)20-23(21-10-6-5-7-11-21)19-27-26-15-14-22-12-8-9-13-24(22)25(26)16-17-28(27)29;1-3-7-5-2-6-8(7)4-1/h5-6,8-9,12-17,21,23H,3-4,7,10-11,18-20H2,1-2H3;1-6H. The molecule has 0 heteroatoms. The van der Waals surface area contributed by atoms with Crippen LogP contribution in [0.15, 0.2) is 108 Å². The van der Waals surface area contributed by atoms with Crippen molar-refractivity contribution in [2.24, 2.45) is 11.8 Å². The molecule has 0 spiro atoms. The molecule has 3 aromatic carbocycles. The first-order valence-corrected chi connectivity index (χ1v) is 14.5. The Balaban J connectivity index is 0.000000266. The van der Waals surface area contributed by atoms with Crippen molar-refractivity contribution in [1.82, 2.24) is 0 Å². The lowest BCUT2D eigenvalue weighted by Crippen LogP contribution is -2.36. The second-order valence-electron chi connectivity index (χ2n) is 11.8. The van der Waals surface area contributed by atoms with Crippen molar-refractivity contribution < 1.29 is 0 Å². The summed E-state index contributed by atoms with van der Waals surface area (Å²) in [5, 5.41) is 5.73. The van der Waals surface area contributed by atoms with Crippen LogP contribution in [0.2, 0.25) is 0 Å². The van der Waals surface area contributed by atoms with Gasteiger partial charge in [0.15, 0.2) is 0 Å². The minimum Gasteiger partial charge on any atom is -0.0885 e. The molecule has 0 N–H and O–H groups in total. The predicted octanol–water partition coefficient (Wildman–Crippen LogP) is 10.3. The molecular formula is C37H40. The molecule has 7 rings (SSSR count). The lowest BCUT2D eigenvalue weighted by atomic mass is 9.60. The Labute approximate surface area is 223 Å². The molecule has 4 aliphatic rings. The minimum atomic E-state index is 0.329. The van der Waals surface area contributed by atoms with Crippen LogP contribution in [0, 0.1) is 11.8 Å². The van der Waals surface area contributed by atoms with E-state index in [1.807, 2.05) is 0 Å². The summed E-state index contributed by atoms with van der Waals surface area (Å²) < 4.78 is 0. The van der Waals surface area contributed by atoms with Crippen molar-refractivity contribution in [1.29, 1.82) is 0 Å². The van der Waals surface area contributed by atoms with Crippen molar-refractivity contribution >= 4 is 21.5 Å². The molecule has 0 saturated heterocycles. The summed E-state index contributed by atoms with van der Waals surface area (Å²) in [6.45, 7) is 4.90. The largest absolute Gasteiger partial charge is 0.0885 e. The highest BCUT2D eigenvalue weighted by Gasteiger charge is 2.39. The van der Waals surface area contributed by atoms with Crippen LogP contribution < -0.4 is 0 Å². The van der Waals surface area contributed by atoms with Gasteiger partial charge < -0.3 is 0 Å². The molecule has 3 unspecified atom stereocenters. The van der Waals surface area contributed by atoms with Crippen molar-refractivity contribution in [3.63, 3.8) is 0 Å². The number of hydrogen-bond acceptors (Lipinski definition) is 0. The van der Waals surface area contributed by atoms with Gasteiger partial charge in [-0.15, -0.1) is 0 Å². The topological polar surface area (TPSA) is 0 Å². The van der Waals surface area contributed by atoms with Gasteiger partial charge >= 0.3 is 0 Å². The maximum Gasteiger partial charge on any atom is -0.00695 e. The molecule has 0 aromatic heterocycles. The van der Waals surface area contributed by atoms with Gasteiger partial charge in [0.1, 0.15) is 0 Å². The van der Waals surface area contributed by atoms with Crippen LogP contribution in [-0.4, -0.2) is 0 Å². The molecule has 3 aromatic rings. The Kier molecular flexibility index (Phi) is 6.76. The van der Waals surface area contributed by atoms with Gasteiger partial charge in [-0.05, 0) is 99.6 Å². The average molecular weight is 485 g/mol. The number of benzene rings is 3. The Morgan fingerprint density at radius 3 is 2.35 bits per heavy atom. The number of fused-ring (bicyclic) bond motifs is 6. The van der Waals surface area contributed by atoms with Gasteiger partial charge in [0.05, 0.1) is 0 Å². The normalized spacial score (nSPS) is 25.5. The van der Waals surface area contributed by atoms with Crippen molar-refractivity contribution in [3.05, 3.63) is 119 Å². The summed E-state index contributed by atoms with van der Waals surface area (Å²) in [6, 6.07) is 18.6. The molecule has 188 valence electrons. The van der Waals surface area contributed by atoms with E-state index >= 15 is 0 Å². The molecule has 0 radical (unpaired) electrons.